The molecule has 104 valence electrons. The van der Waals surface area contributed by atoms with Crippen LogP contribution in [0.2, 0.25) is 0 Å². The summed E-state index contributed by atoms with van der Waals surface area (Å²) in [6.45, 7) is 0. The van der Waals surface area contributed by atoms with Crippen LogP contribution in [0.25, 0.3) is 11.3 Å². The Morgan fingerprint density at radius 1 is 1.05 bits per heavy atom. The fourth-order valence-electron chi connectivity index (χ4n) is 1.17. The summed E-state index contributed by atoms with van der Waals surface area (Å²) in [5, 5.41) is 2.03. The highest BCUT2D eigenvalue weighted by atomic mass is 35.7. The van der Waals surface area contributed by atoms with E-state index >= 15 is 0 Å². The second-order valence-electron chi connectivity index (χ2n) is 3.61. The largest absolute Gasteiger partial charge is 0.429 e. The molecule has 0 saturated carbocycles. The highest BCUT2D eigenvalue weighted by Gasteiger charge is 2.04. The van der Waals surface area contributed by atoms with Crippen LogP contribution in [0.15, 0.2) is 40.1 Å². The van der Waals surface area contributed by atoms with Gasteiger partial charge >= 0.3 is 4.87 Å². The van der Waals surface area contributed by atoms with Gasteiger partial charge in [0.05, 0.1) is 0 Å². The van der Waals surface area contributed by atoms with Gasteiger partial charge in [-0.1, -0.05) is 30.3 Å². The van der Waals surface area contributed by atoms with Crippen molar-refractivity contribution in [1.29, 1.82) is 0 Å². The van der Waals surface area contributed by atoms with E-state index in [4.69, 9.17) is 23.1 Å². The monoisotopic (exact) mass is 305 g/mol. The summed E-state index contributed by atoms with van der Waals surface area (Å²) in [7, 11) is -0.992. The normalized spacial score (nSPS) is 10.6. The topological polar surface area (TPSA) is 108 Å². The molecule has 0 radical (unpaired) electrons. The van der Waals surface area contributed by atoms with Crippen LogP contribution in [0.5, 0.6) is 0 Å². The predicted octanol–water partition coefficient (Wildman–Crippen LogP) is -2.72. The third-order valence-electron chi connectivity index (χ3n) is 1.89. The van der Waals surface area contributed by atoms with Gasteiger partial charge in [0.15, 0.2) is 5.76 Å². The first-order valence-corrected chi connectivity index (χ1v) is 7.15. The van der Waals surface area contributed by atoms with Crippen molar-refractivity contribution in [2.75, 3.05) is 14.1 Å². The Balaban J connectivity index is 0.000000312. The maximum absolute atomic E-state index is 8.49. The maximum Gasteiger partial charge on any atom is 0.429 e. The molecule has 0 fully saturated rings. The first-order valence-electron chi connectivity index (χ1n) is 5.03. The summed E-state index contributed by atoms with van der Waals surface area (Å²) in [4.78, 5) is 0.920. The molecule has 1 aromatic heterocycles. The third-order valence-corrected chi connectivity index (χ3v) is 2.87. The van der Waals surface area contributed by atoms with Crippen molar-refractivity contribution in [1.82, 2.24) is 4.58 Å². The zero-order valence-electron chi connectivity index (χ0n) is 10.2. The first-order chi connectivity index (χ1) is 8.77. The molecule has 0 saturated heterocycles. The molecule has 19 heavy (non-hydrogen) atoms. The molecule has 0 atom stereocenters. The number of hydrogen-bond acceptors (Lipinski definition) is 6. The quantitative estimate of drug-likeness (QED) is 0.532. The molecule has 1 heterocycles. The fraction of sp³-hybridized carbons (Fsp3) is 0.182. The van der Waals surface area contributed by atoms with Crippen molar-refractivity contribution in [3.05, 3.63) is 40.6 Å². The van der Waals surface area contributed by atoms with Crippen LogP contribution in [0.3, 0.4) is 0 Å². The lowest BCUT2D eigenvalue weighted by Crippen LogP contribution is -2.68. The minimum atomic E-state index is -4.94. The van der Waals surface area contributed by atoms with Gasteiger partial charge in [0.2, 0.25) is 0 Å². The van der Waals surface area contributed by atoms with Crippen molar-refractivity contribution < 1.29 is 33.3 Å². The third kappa shape index (κ3) is 6.48. The predicted molar refractivity (Wildman–Crippen MR) is 59.1 cm³/mol. The number of nitrogens with zero attached hydrogens (tertiary/aromatic N) is 1. The molecule has 0 aliphatic carbocycles. The second kappa shape index (κ2) is 6.80. The van der Waals surface area contributed by atoms with Gasteiger partial charge in [0, 0.05) is 10.9 Å². The minimum Gasteiger partial charge on any atom is -0.396 e. The molecule has 0 bridgehead atoms. The average Bonchev–Trinajstić information content (AvgIpc) is 2.77. The van der Waals surface area contributed by atoms with Gasteiger partial charge in [0.25, 0.3) is 0 Å². The lowest BCUT2D eigenvalue weighted by atomic mass is 10.2. The Labute approximate surface area is 115 Å². The summed E-state index contributed by atoms with van der Waals surface area (Å²) in [5.74, 6) is 0.930. The Hall–Kier alpha value is -1.22. The summed E-state index contributed by atoms with van der Waals surface area (Å²) in [6.07, 6.45) is 0. The molecular weight excluding hydrogens is 294 g/mol. The van der Waals surface area contributed by atoms with Gasteiger partial charge < -0.3 is 4.42 Å². The van der Waals surface area contributed by atoms with E-state index in [9.17, 15) is 0 Å². The molecule has 8 heteroatoms. The van der Waals surface area contributed by atoms with E-state index in [2.05, 4.69) is 0 Å². The zero-order chi connectivity index (χ0) is 14.5. The van der Waals surface area contributed by atoms with Crippen molar-refractivity contribution in [2.24, 2.45) is 0 Å². The number of rotatable bonds is 1. The van der Waals surface area contributed by atoms with Gasteiger partial charge in [0.1, 0.15) is 14.1 Å². The Morgan fingerprint density at radius 3 is 2.00 bits per heavy atom. The minimum absolute atomic E-state index is 0.920. The lowest BCUT2D eigenvalue weighted by molar-refractivity contribution is -2.00. The Kier molecular flexibility index (Phi) is 5.67. The lowest BCUT2D eigenvalue weighted by Gasteiger charge is -2.17. The molecule has 1 aromatic carbocycles. The van der Waals surface area contributed by atoms with Gasteiger partial charge in [-0.3, -0.25) is 0 Å². The molecular formula is C11H12ClNO5S. The Morgan fingerprint density at radius 2 is 1.58 bits per heavy atom. The molecule has 0 unspecified atom stereocenters. The van der Waals surface area contributed by atoms with E-state index in [1.54, 1.807) is 11.3 Å². The molecule has 2 rings (SSSR count). The van der Waals surface area contributed by atoms with Crippen molar-refractivity contribution in [3.63, 3.8) is 0 Å². The average molecular weight is 306 g/mol. The van der Waals surface area contributed by atoms with Crippen LogP contribution in [0.1, 0.15) is 0 Å². The molecule has 6 nitrogen and oxygen atoms in total. The van der Waals surface area contributed by atoms with Crippen LogP contribution in [-0.2, 0) is 0 Å². The van der Waals surface area contributed by atoms with Crippen LogP contribution in [0, 0.1) is 10.2 Å². The summed E-state index contributed by atoms with van der Waals surface area (Å²) < 4.78 is 41.6. The number of hydrogen-bond donors (Lipinski definition) is 0. The van der Waals surface area contributed by atoms with Crippen molar-refractivity contribution >= 4 is 11.3 Å². The smallest absolute Gasteiger partial charge is 0.396 e. The van der Waals surface area contributed by atoms with E-state index in [1.165, 1.54) is 0 Å². The first kappa shape index (κ1) is 15.8. The summed E-state index contributed by atoms with van der Waals surface area (Å²) in [6, 6.07) is 10.1. The molecule has 0 aliphatic heterocycles. The van der Waals surface area contributed by atoms with E-state index in [1.807, 2.05) is 54.4 Å². The highest BCUT2D eigenvalue weighted by Crippen LogP contribution is 2.18. The van der Waals surface area contributed by atoms with E-state index in [0.717, 1.165) is 16.2 Å². The molecule has 0 spiro atoms. The summed E-state index contributed by atoms with van der Waals surface area (Å²) >= 11 is 1.61. The van der Waals surface area contributed by atoms with Crippen LogP contribution >= 0.6 is 11.3 Å². The molecule has 0 amide bonds. The SMILES string of the molecule is C[N+](C)=c1oc(-c2ccccc2)cs1.[O-][Cl+3]([O-])([O-])[O-]. The highest BCUT2D eigenvalue weighted by molar-refractivity contribution is 7.07. The van der Waals surface area contributed by atoms with E-state index in [0.29, 0.717) is 0 Å². The fourth-order valence-corrected chi connectivity index (χ4v) is 1.91. The number of benzene rings is 1. The van der Waals surface area contributed by atoms with Crippen molar-refractivity contribution in [2.45, 2.75) is 0 Å². The second-order valence-corrected chi connectivity index (χ2v) is 5.18. The van der Waals surface area contributed by atoms with E-state index < -0.39 is 10.2 Å². The Bertz CT molecular complexity index is 563. The number of halogens is 1. The van der Waals surface area contributed by atoms with Gasteiger partial charge in [-0.2, -0.15) is 4.58 Å². The van der Waals surface area contributed by atoms with E-state index in [-0.39, 0.29) is 0 Å². The van der Waals surface area contributed by atoms with Gasteiger partial charge in [-0.25, -0.2) is 18.6 Å². The van der Waals surface area contributed by atoms with Gasteiger partial charge in [-0.15, -0.1) is 10.2 Å². The van der Waals surface area contributed by atoms with Crippen molar-refractivity contribution in [3.8, 4) is 11.3 Å². The van der Waals surface area contributed by atoms with Crippen LogP contribution in [-0.4, -0.2) is 14.1 Å². The standard InChI is InChI=1S/C11H12NOS.ClHO4/c1-12(2)11-13-10(8-14-11)9-6-4-3-5-7-9;2-1(3,4)5/h3-8H,1-2H3;(H,2,3,4,5)/q+1;/p-1. The summed E-state index contributed by atoms with van der Waals surface area (Å²) in [5.41, 5.74) is 1.12. The zero-order valence-corrected chi connectivity index (χ0v) is 11.8. The molecule has 2 aromatic rings. The van der Waals surface area contributed by atoms with Crippen LogP contribution < -0.4 is 28.1 Å². The van der Waals surface area contributed by atoms with Gasteiger partial charge in [-0.05, 0) is 11.3 Å². The maximum atomic E-state index is 8.49. The van der Waals surface area contributed by atoms with Crippen LogP contribution in [0.4, 0.5) is 0 Å². The molecule has 0 N–H and O–H groups in total. The molecule has 0 aliphatic rings.